The third-order valence-corrected chi connectivity index (χ3v) is 9.20. The number of amides is 2. The maximum atomic E-state index is 13.3. The molecule has 33 heavy (non-hydrogen) atoms. The average Bonchev–Trinajstić information content (AvgIpc) is 2.85. The van der Waals surface area contributed by atoms with Crippen molar-refractivity contribution < 1.29 is 19.8 Å². The van der Waals surface area contributed by atoms with Crippen LogP contribution in [-0.2, 0) is 9.59 Å². The zero-order chi connectivity index (χ0) is 23.4. The second-order valence-electron chi connectivity index (χ2n) is 11.4. The number of aliphatic hydroxyl groups excluding tert-OH is 2. The molecule has 4 fully saturated rings. The fourth-order valence-electron chi connectivity index (χ4n) is 7.12. The molecule has 0 aromatic heterocycles. The summed E-state index contributed by atoms with van der Waals surface area (Å²) in [5.41, 5.74) is 5.93. The molecule has 7 atom stereocenters. The van der Waals surface area contributed by atoms with Crippen molar-refractivity contribution in [2.75, 3.05) is 19.6 Å². The van der Waals surface area contributed by atoms with Gasteiger partial charge >= 0.3 is 0 Å². The molecule has 3 saturated carbocycles. The summed E-state index contributed by atoms with van der Waals surface area (Å²) in [5.74, 6) is 1.76. The van der Waals surface area contributed by atoms with Crippen molar-refractivity contribution >= 4 is 11.8 Å². The Morgan fingerprint density at radius 2 is 1.58 bits per heavy atom. The second-order valence-corrected chi connectivity index (χ2v) is 11.4. The van der Waals surface area contributed by atoms with Crippen molar-refractivity contribution in [2.24, 2.45) is 35.3 Å². The van der Waals surface area contributed by atoms with Crippen LogP contribution >= 0.6 is 0 Å². The average molecular weight is 464 g/mol. The molecule has 0 aromatic carbocycles. The normalized spacial score (nSPS) is 38.6. The van der Waals surface area contributed by atoms with Crippen LogP contribution in [0.25, 0.3) is 0 Å². The predicted octanol–water partition coefficient (Wildman–Crippen LogP) is 2.19. The van der Waals surface area contributed by atoms with E-state index in [-0.39, 0.29) is 23.8 Å². The molecule has 1 heterocycles. The molecule has 5 N–H and O–H groups in total. The Balaban J connectivity index is 1.24. The van der Waals surface area contributed by atoms with E-state index >= 15 is 0 Å². The maximum absolute atomic E-state index is 13.3. The number of hydrogen-bond acceptors (Lipinski definition) is 5. The van der Waals surface area contributed by atoms with Crippen LogP contribution in [-0.4, -0.2) is 64.8 Å². The van der Waals surface area contributed by atoms with Crippen molar-refractivity contribution in [3.63, 3.8) is 0 Å². The molecular formula is C26H45N3O4. The minimum Gasteiger partial charge on any atom is -0.390 e. The third kappa shape index (κ3) is 6.09. The molecule has 0 spiro atoms. The van der Waals surface area contributed by atoms with E-state index in [4.69, 9.17) is 5.73 Å². The first kappa shape index (κ1) is 24.9. The van der Waals surface area contributed by atoms with Crippen molar-refractivity contribution in [3.8, 4) is 0 Å². The van der Waals surface area contributed by atoms with Crippen molar-refractivity contribution in [2.45, 2.75) is 102 Å². The van der Waals surface area contributed by atoms with Gasteiger partial charge in [-0.05, 0) is 88.5 Å². The molecule has 1 aliphatic heterocycles. The smallest absolute Gasteiger partial charge is 0.226 e. The van der Waals surface area contributed by atoms with E-state index in [0.29, 0.717) is 25.2 Å². The van der Waals surface area contributed by atoms with Gasteiger partial charge in [0, 0.05) is 25.0 Å². The molecule has 1 saturated heterocycles. The highest BCUT2D eigenvalue weighted by atomic mass is 16.3. The molecule has 3 aliphatic carbocycles. The molecular weight excluding hydrogens is 418 g/mol. The predicted molar refractivity (Wildman–Crippen MR) is 127 cm³/mol. The summed E-state index contributed by atoms with van der Waals surface area (Å²) in [6.45, 7) is 2.55. The van der Waals surface area contributed by atoms with Crippen LogP contribution in [0.2, 0.25) is 0 Å². The SMILES string of the molecule is NCC1CCCC(C2CCN(C(=O)C3CCCC(NC(=O)C4CCCC(O)C4O)C3)CC2)C1. The first-order valence-electron chi connectivity index (χ1n) is 13.6. The molecule has 7 unspecified atom stereocenters. The van der Waals surface area contributed by atoms with Gasteiger partial charge in [-0.3, -0.25) is 9.59 Å². The third-order valence-electron chi connectivity index (χ3n) is 9.20. The van der Waals surface area contributed by atoms with Gasteiger partial charge in [0.05, 0.1) is 18.1 Å². The van der Waals surface area contributed by atoms with Crippen LogP contribution in [0.3, 0.4) is 0 Å². The van der Waals surface area contributed by atoms with Crippen LogP contribution in [0.4, 0.5) is 0 Å². The molecule has 0 radical (unpaired) electrons. The summed E-state index contributed by atoms with van der Waals surface area (Å²) in [6.07, 6.45) is 10.9. The highest BCUT2D eigenvalue weighted by molar-refractivity contribution is 5.81. The first-order chi connectivity index (χ1) is 16.0. The molecule has 7 nitrogen and oxygen atoms in total. The number of carbonyl (C=O) groups excluding carboxylic acids is 2. The molecule has 4 rings (SSSR count). The Labute approximate surface area is 198 Å². The molecule has 7 heteroatoms. The fourth-order valence-corrected chi connectivity index (χ4v) is 7.12. The van der Waals surface area contributed by atoms with Crippen LogP contribution < -0.4 is 11.1 Å². The Hall–Kier alpha value is -1.18. The van der Waals surface area contributed by atoms with Gasteiger partial charge in [0.2, 0.25) is 11.8 Å². The van der Waals surface area contributed by atoms with Gasteiger partial charge in [0.1, 0.15) is 0 Å². The molecule has 188 valence electrons. The van der Waals surface area contributed by atoms with E-state index in [2.05, 4.69) is 10.2 Å². The summed E-state index contributed by atoms with van der Waals surface area (Å²) in [7, 11) is 0. The molecule has 0 bridgehead atoms. The van der Waals surface area contributed by atoms with E-state index in [0.717, 1.165) is 70.0 Å². The van der Waals surface area contributed by atoms with Crippen LogP contribution in [0.15, 0.2) is 0 Å². The topological polar surface area (TPSA) is 116 Å². The Morgan fingerprint density at radius 1 is 0.848 bits per heavy atom. The van der Waals surface area contributed by atoms with Crippen molar-refractivity contribution in [1.82, 2.24) is 10.2 Å². The molecule has 2 amide bonds. The van der Waals surface area contributed by atoms with E-state index in [1.807, 2.05) is 0 Å². The lowest BCUT2D eigenvalue weighted by Crippen LogP contribution is -2.50. The van der Waals surface area contributed by atoms with Gasteiger partial charge in [0.15, 0.2) is 0 Å². The zero-order valence-electron chi connectivity index (χ0n) is 20.2. The monoisotopic (exact) mass is 463 g/mol. The van der Waals surface area contributed by atoms with E-state index in [1.165, 1.54) is 25.7 Å². The zero-order valence-corrected chi connectivity index (χ0v) is 20.2. The van der Waals surface area contributed by atoms with Gasteiger partial charge in [0.25, 0.3) is 0 Å². The summed E-state index contributed by atoms with van der Waals surface area (Å²) >= 11 is 0. The Kier molecular flexibility index (Phi) is 8.69. The lowest BCUT2D eigenvalue weighted by atomic mass is 9.72. The standard InChI is InChI=1S/C26H45N3O4/c27-16-17-4-1-5-19(14-17)18-10-12-29(13-11-18)26(33)20-6-2-7-21(15-20)28-25(32)22-8-3-9-23(30)24(22)31/h17-24,30-31H,1-16,27H2,(H,28,32). The summed E-state index contributed by atoms with van der Waals surface area (Å²) in [5, 5.41) is 23.2. The molecule has 4 aliphatic rings. The highest BCUT2D eigenvalue weighted by Crippen LogP contribution is 2.38. The summed E-state index contributed by atoms with van der Waals surface area (Å²) in [6, 6.07) is -0.0144. The lowest BCUT2D eigenvalue weighted by molar-refractivity contribution is -0.140. The van der Waals surface area contributed by atoms with Gasteiger partial charge < -0.3 is 26.2 Å². The minimum atomic E-state index is -0.981. The minimum absolute atomic E-state index is 0.0144. The Morgan fingerprint density at radius 3 is 2.33 bits per heavy atom. The first-order valence-corrected chi connectivity index (χ1v) is 13.6. The number of piperidine rings is 1. The van der Waals surface area contributed by atoms with Crippen LogP contribution in [0.1, 0.15) is 83.5 Å². The number of rotatable bonds is 5. The fraction of sp³-hybridized carbons (Fsp3) is 0.923. The Bertz CT molecular complexity index is 666. The van der Waals surface area contributed by atoms with Crippen LogP contribution in [0.5, 0.6) is 0 Å². The largest absolute Gasteiger partial charge is 0.390 e. The number of aliphatic hydroxyl groups is 2. The van der Waals surface area contributed by atoms with E-state index in [1.54, 1.807) is 0 Å². The summed E-state index contributed by atoms with van der Waals surface area (Å²) < 4.78 is 0. The van der Waals surface area contributed by atoms with Crippen molar-refractivity contribution in [3.05, 3.63) is 0 Å². The van der Waals surface area contributed by atoms with Gasteiger partial charge in [-0.25, -0.2) is 0 Å². The number of nitrogens with two attached hydrogens (primary N) is 1. The summed E-state index contributed by atoms with van der Waals surface area (Å²) in [4.78, 5) is 28.1. The lowest BCUT2D eigenvalue weighted by Gasteiger charge is -2.41. The van der Waals surface area contributed by atoms with E-state index < -0.39 is 18.1 Å². The number of nitrogens with one attached hydrogen (secondary N) is 1. The number of likely N-dealkylation sites (tertiary alicyclic amines) is 1. The van der Waals surface area contributed by atoms with Crippen molar-refractivity contribution in [1.29, 1.82) is 0 Å². The van der Waals surface area contributed by atoms with Crippen LogP contribution in [0, 0.1) is 29.6 Å². The number of nitrogens with zero attached hydrogens (tertiary/aromatic N) is 1. The highest BCUT2D eigenvalue weighted by Gasteiger charge is 2.38. The number of carbonyl (C=O) groups is 2. The maximum Gasteiger partial charge on any atom is 0.226 e. The van der Waals surface area contributed by atoms with Gasteiger partial charge in [-0.2, -0.15) is 0 Å². The second kappa shape index (κ2) is 11.5. The van der Waals surface area contributed by atoms with Gasteiger partial charge in [-0.1, -0.05) is 19.3 Å². The molecule has 0 aromatic rings. The quantitative estimate of drug-likeness (QED) is 0.499. The van der Waals surface area contributed by atoms with E-state index in [9.17, 15) is 19.8 Å². The van der Waals surface area contributed by atoms with Gasteiger partial charge in [-0.15, -0.1) is 0 Å². The number of hydrogen-bond donors (Lipinski definition) is 4.